The van der Waals surface area contributed by atoms with E-state index in [0.717, 1.165) is 18.7 Å². The first kappa shape index (κ1) is 20.0. The molecule has 0 atom stereocenters. The fourth-order valence-corrected chi connectivity index (χ4v) is 3.33. The molecule has 0 aromatic heterocycles. The van der Waals surface area contributed by atoms with Gasteiger partial charge in [0.25, 0.3) is 5.91 Å². The summed E-state index contributed by atoms with van der Waals surface area (Å²) in [4.78, 5) is 28.9. The van der Waals surface area contributed by atoms with Gasteiger partial charge < -0.3 is 15.1 Å². The van der Waals surface area contributed by atoms with Crippen LogP contribution in [-0.2, 0) is 11.2 Å². The van der Waals surface area contributed by atoms with E-state index >= 15 is 0 Å². The monoisotopic (exact) mass is 383 g/mol. The lowest BCUT2D eigenvalue weighted by molar-refractivity contribution is -0.131. The minimum Gasteiger partial charge on any atom is -0.340 e. The van der Waals surface area contributed by atoms with E-state index in [1.165, 1.54) is 18.2 Å². The Morgan fingerprint density at radius 2 is 1.75 bits per heavy atom. The molecule has 2 amide bonds. The molecule has 1 aliphatic rings. The third kappa shape index (κ3) is 5.63. The second kappa shape index (κ2) is 9.99. The summed E-state index contributed by atoms with van der Waals surface area (Å²) in [5, 5.41) is 3.22. The van der Waals surface area contributed by atoms with E-state index in [2.05, 4.69) is 5.32 Å². The Kier molecular flexibility index (Phi) is 7.14. The van der Waals surface area contributed by atoms with Crippen molar-refractivity contribution in [3.8, 4) is 0 Å². The van der Waals surface area contributed by atoms with Crippen LogP contribution >= 0.6 is 0 Å². The molecule has 0 bridgehead atoms. The Labute approximate surface area is 165 Å². The summed E-state index contributed by atoms with van der Waals surface area (Å²) in [5.74, 6) is -0.632. The molecule has 6 heteroatoms. The minimum atomic E-state index is -0.439. The van der Waals surface area contributed by atoms with Crippen molar-refractivity contribution >= 4 is 11.8 Å². The van der Waals surface area contributed by atoms with E-state index in [9.17, 15) is 14.0 Å². The van der Waals surface area contributed by atoms with Gasteiger partial charge in [-0.2, -0.15) is 0 Å². The molecule has 5 nitrogen and oxygen atoms in total. The highest BCUT2D eigenvalue weighted by Crippen LogP contribution is 2.11. The average molecular weight is 383 g/mol. The molecule has 3 rings (SSSR count). The van der Waals surface area contributed by atoms with Crippen LogP contribution in [0, 0.1) is 5.82 Å². The van der Waals surface area contributed by atoms with Gasteiger partial charge in [-0.3, -0.25) is 9.59 Å². The van der Waals surface area contributed by atoms with Crippen LogP contribution in [0.4, 0.5) is 4.39 Å². The minimum absolute atomic E-state index is 0.0539. The summed E-state index contributed by atoms with van der Waals surface area (Å²) in [5.41, 5.74) is 1.43. The van der Waals surface area contributed by atoms with Crippen LogP contribution in [0.2, 0.25) is 0 Å². The third-order valence-corrected chi connectivity index (χ3v) is 4.94. The van der Waals surface area contributed by atoms with Gasteiger partial charge in [0.05, 0.1) is 0 Å². The standard InChI is InChI=1S/C22H26FN3O2/c23-20-8-4-7-19(17-20)22(28)26(13-9-18-5-2-1-3-6-18)14-10-21(27)25-15-11-24-12-16-25/h1-8,17,24H,9-16H2. The van der Waals surface area contributed by atoms with E-state index < -0.39 is 5.82 Å². The van der Waals surface area contributed by atoms with Crippen molar-refractivity contribution in [3.05, 3.63) is 71.5 Å². The Morgan fingerprint density at radius 1 is 1.00 bits per heavy atom. The number of rotatable bonds is 7. The van der Waals surface area contributed by atoms with Crippen molar-refractivity contribution in [1.82, 2.24) is 15.1 Å². The summed E-state index contributed by atoms with van der Waals surface area (Å²) >= 11 is 0. The number of carbonyl (C=O) groups excluding carboxylic acids is 2. The van der Waals surface area contributed by atoms with Crippen molar-refractivity contribution in [2.75, 3.05) is 39.3 Å². The Balaban J connectivity index is 1.66. The Bertz CT molecular complexity index is 791. The van der Waals surface area contributed by atoms with Crippen LogP contribution in [0.3, 0.4) is 0 Å². The molecule has 0 radical (unpaired) electrons. The van der Waals surface area contributed by atoms with E-state index in [1.54, 1.807) is 11.0 Å². The van der Waals surface area contributed by atoms with E-state index in [0.29, 0.717) is 38.2 Å². The molecule has 1 N–H and O–H groups in total. The number of benzene rings is 2. The van der Waals surface area contributed by atoms with Crippen LogP contribution in [0.1, 0.15) is 22.3 Å². The average Bonchev–Trinajstić information content (AvgIpc) is 2.74. The third-order valence-electron chi connectivity index (χ3n) is 4.94. The zero-order chi connectivity index (χ0) is 19.8. The van der Waals surface area contributed by atoms with Crippen LogP contribution in [0.5, 0.6) is 0 Å². The maximum Gasteiger partial charge on any atom is 0.253 e. The highest BCUT2D eigenvalue weighted by molar-refractivity contribution is 5.94. The van der Waals surface area contributed by atoms with Gasteiger partial charge in [0.2, 0.25) is 5.91 Å². The zero-order valence-electron chi connectivity index (χ0n) is 15.9. The molecule has 0 unspecified atom stereocenters. The molecule has 2 aromatic carbocycles. The lowest BCUT2D eigenvalue weighted by atomic mass is 10.1. The Morgan fingerprint density at radius 3 is 2.46 bits per heavy atom. The molecule has 0 aliphatic carbocycles. The van der Waals surface area contributed by atoms with Gasteiger partial charge in [0.15, 0.2) is 0 Å². The summed E-state index contributed by atoms with van der Waals surface area (Å²) in [6.45, 7) is 3.79. The number of amides is 2. The summed E-state index contributed by atoms with van der Waals surface area (Å²) in [6.07, 6.45) is 0.958. The maximum atomic E-state index is 13.6. The van der Waals surface area contributed by atoms with Crippen molar-refractivity contribution in [2.45, 2.75) is 12.8 Å². The molecule has 28 heavy (non-hydrogen) atoms. The van der Waals surface area contributed by atoms with Crippen molar-refractivity contribution in [2.24, 2.45) is 0 Å². The van der Waals surface area contributed by atoms with Crippen LogP contribution < -0.4 is 5.32 Å². The quantitative estimate of drug-likeness (QED) is 0.799. The van der Waals surface area contributed by atoms with Gasteiger partial charge in [-0.1, -0.05) is 36.4 Å². The molecule has 1 heterocycles. The topological polar surface area (TPSA) is 52.7 Å². The molecule has 0 saturated carbocycles. The number of halogens is 1. The lowest BCUT2D eigenvalue weighted by Gasteiger charge is -2.29. The highest BCUT2D eigenvalue weighted by Gasteiger charge is 2.20. The number of nitrogens with one attached hydrogen (secondary N) is 1. The Hall–Kier alpha value is -2.73. The van der Waals surface area contributed by atoms with Crippen LogP contribution in [-0.4, -0.2) is 60.9 Å². The maximum absolute atomic E-state index is 13.6. The number of carbonyl (C=O) groups is 2. The first-order valence-corrected chi connectivity index (χ1v) is 9.71. The number of piperazine rings is 1. The normalized spacial score (nSPS) is 14.0. The van der Waals surface area contributed by atoms with E-state index in [1.807, 2.05) is 35.2 Å². The van der Waals surface area contributed by atoms with Crippen LogP contribution in [0.15, 0.2) is 54.6 Å². The van der Waals surface area contributed by atoms with Gasteiger partial charge in [0.1, 0.15) is 5.82 Å². The molecule has 0 spiro atoms. The molecule has 148 valence electrons. The van der Waals surface area contributed by atoms with E-state index in [-0.39, 0.29) is 18.2 Å². The van der Waals surface area contributed by atoms with E-state index in [4.69, 9.17) is 0 Å². The molecule has 1 saturated heterocycles. The predicted octanol–water partition coefficient (Wildman–Crippen LogP) is 2.33. The van der Waals surface area contributed by atoms with Crippen LogP contribution in [0.25, 0.3) is 0 Å². The zero-order valence-corrected chi connectivity index (χ0v) is 15.9. The molecular formula is C22H26FN3O2. The largest absolute Gasteiger partial charge is 0.340 e. The van der Waals surface area contributed by atoms with Gasteiger partial charge in [-0.25, -0.2) is 4.39 Å². The summed E-state index contributed by atoms with van der Waals surface area (Å²) < 4.78 is 13.6. The predicted molar refractivity (Wildman–Crippen MR) is 107 cm³/mol. The van der Waals surface area contributed by atoms with Gasteiger partial charge in [-0.15, -0.1) is 0 Å². The van der Waals surface area contributed by atoms with Crippen molar-refractivity contribution < 1.29 is 14.0 Å². The van der Waals surface area contributed by atoms with Gasteiger partial charge in [0, 0.05) is 51.3 Å². The lowest BCUT2D eigenvalue weighted by Crippen LogP contribution is -2.47. The fourth-order valence-electron chi connectivity index (χ4n) is 3.33. The summed E-state index contributed by atoms with van der Waals surface area (Å²) in [7, 11) is 0. The number of hydrogen-bond donors (Lipinski definition) is 1. The summed E-state index contributed by atoms with van der Waals surface area (Å²) in [6, 6.07) is 15.6. The highest BCUT2D eigenvalue weighted by atomic mass is 19.1. The second-order valence-corrected chi connectivity index (χ2v) is 6.92. The van der Waals surface area contributed by atoms with Gasteiger partial charge >= 0.3 is 0 Å². The van der Waals surface area contributed by atoms with Crippen molar-refractivity contribution in [3.63, 3.8) is 0 Å². The first-order valence-electron chi connectivity index (χ1n) is 9.71. The molecule has 2 aromatic rings. The SMILES string of the molecule is O=C(CCN(CCc1ccccc1)C(=O)c1cccc(F)c1)N1CCNCC1. The van der Waals surface area contributed by atoms with Gasteiger partial charge in [-0.05, 0) is 30.2 Å². The smallest absolute Gasteiger partial charge is 0.253 e. The molecule has 1 aliphatic heterocycles. The number of nitrogens with zero attached hydrogens (tertiary/aromatic N) is 2. The second-order valence-electron chi connectivity index (χ2n) is 6.92. The molecular weight excluding hydrogens is 357 g/mol. The fraction of sp³-hybridized carbons (Fsp3) is 0.364. The molecule has 1 fully saturated rings. The van der Waals surface area contributed by atoms with Crippen molar-refractivity contribution in [1.29, 1.82) is 0 Å². The first-order chi connectivity index (χ1) is 13.6. The number of hydrogen-bond acceptors (Lipinski definition) is 3.